The van der Waals surface area contributed by atoms with Crippen LogP contribution in [-0.2, 0) is 4.79 Å². The van der Waals surface area contributed by atoms with Crippen molar-refractivity contribution in [2.45, 2.75) is 58.4 Å². The summed E-state index contributed by atoms with van der Waals surface area (Å²) >= 11 is 0. The SMILES string of the molecule is CCN(CC1CCCN1)C(=O)C1(C)CCCC1. The van der Waals surface area contributed by atoms with Gasteiger partial charge in [-0.3, -0.25) is 4.79 Å². The lowest BCUT2D eigenvalue weighted by Crippen LogP contribution is -2.46. The summed E-state index contributed by atoms with van der Waals surface area (Å²) in [5, 5.41) is 3.49. The molecule has 3 heteroatoms. The molecule has 1 aliphatic carbocycles. The molecule has 0 spiro atoms. The van der Waals surface area contributed by atoms with Crippen LogP contribution >= 0.6 is 0 Å². The van der Waals surface area contributed by atoms with E-state index in [1.807, 2.05) is 0 Å². The summed E-state index contributed by atoms with van der Waals surface area (Å²) in [7, 11) is 0. The van der Waals surface area contributed by atoms with Gasteiger partial charge in [-0.15, -0.1) is 0 Å². The maximum atomic E-state index is 12.6. The first kappa shape index (κ1) is 12.9. The molecule has 3 nitrogen and oxygen atoms in total. The van der Waals surface area contributed by atoms with E-state index in [1.165, 1.54) is 25.7 Å². The number of carbonyl (C=O) groups is 1. The second-order valence-corrected chi connectivity index (χ2v) is 5.90. The molecule has 1 unspecified atom stereocenters. The highest BCUT2D eigenvalue weighted by Gasteiger charge is 2.39. The van der Waals surface area contributed by atoms with Crippen molar-refractivity contribution in [1.29, 1.82) is 0 Å². The van der Waals surface area contributed by atoms with Crippen molar-refractivity contribution in [3.8, 4) is 0 Å². The molecule has 0 aromatic heterocycles. The lowest BCUT2D eigenvalue weighted by Gasteiger charge is -2.32. The molecule has 17 heavy (non-hydrogen) atoms. The van der Waals surface area contributed by atoms with Crippen LogP contribution in [0.3, 0.4) is 0 Å². The second-order valence-electron chi connectivity index (χ2n) is 5.90. The molecule has 2 fully saturated rings. The topological polar surface area (TPSA) is 32.3 Å². The first-order valence-corrected chi connectivity index (χ1v) is 7.18. The fraction of sp³-hybridized carbons (Fsp3) is 0.929. The molecule has 2 aliphatic rings. The van der Waals surface area contributed by atoms with Crippen molar-refractivity contribution >= 4 is 5.91 Å². The molecule has 1 N–H and O–H groups in total. The number of hydrogen-bond acceptors (Lipinski definition) is 2. The van der Waals surface area contributed by atoms with E-state index in [-0.39, 0.29) is 5.41 Å². The van der Waals surface area contributed by atoms with Gasteiger partial charge in [-0.1, -0.05) is 19.8 Å². The Morgan fingerprint density at radius 1 is 1.35 bits per heavy atom. The smallest absolute Gasteiger partial charge is 0.228 e. The van der Waals surface area contributed by atoms with Crippen LogP contribution in [0, 0.1) is 5.41 Å². The molecule has 0 bridgehead atoms. The number of rotatable bonds is 4. The quantitative estimate of drug-likeness (QED) is 0.814. The van der Waals surface area contributed by atoms with Gasteiger partial charge in [0.25, 0.3) is 0 Å². The monoisotopic (exact) mass is 238 g/mol. The molecule has 1 heterocycles. The van der Waals surface area contributed by atoms with Crippen molar-refractivity contribution in [3.05, 3.63) is 0 Å². The summed E-state index contributed by atoms with van der Waals surface area (Å²) in [6.07, 6.45) is 7.10. The Kier molecular flexibility index (Phi) is 4.08. The fourth-order valence-corrected chi connectivity index (χ4v) is 3.29. The van der Waals surface area contributed by atoms with E-state index >= 15 is 0 Å². The van der Waals surface area contributed by atoms with Crippen LogP contribution in [-0.4, -0.2) is 36.5 Å². The average molecular weight is 238 g/mol. The number of nitrogens with one attached hydrogen (secondary N) is 1. The molecule has 2 rings (SSSR count). The van der Waals surface area contributed by atoms with Gasteiger partial charge in [-0.2, -0.15) is 0 Å². The minimum Gasteiger partial charge on any atom is -0.341 e. The van der Waals surface area contributed by atoms with E-state index in [2.05, 4.69) is 24.1 Å². The minimum absolute atomic E-state index is 0.0609. The van der Waals surface area contributed by atoms with Gasteiger partial charge in [0.2, 0.25) is 5.91 Å². The number of carbonyl (C=O) groups excluding carboxylic acids is 1. The van der Waals surface area contributed by atoms with Crippen molar-refractivity contribution < 1.29 is 4.79 Å². The van der Waals surface area contributed by atoms with Crippen molar-refractivity contribution in [1.82, 2.24) is 10.2 Å². The second kappa shape index (κ2) is 5.38. The van der Waals surface area contributed by atoms with Gasteiger partial charge in [0.05, 0.1) is 0 Å². The maximum Gasteiger partial charge on any atom is 0.228 e. The van der Waals surface area contributed by atoms with Gasteiger partial charge in [0.15, 0.2) is 0 Å². The molecular weight excluding hydrogens is 212 g/mol. The lowest BCUT2D eigenvalue weighted by molar-refractivity contribution is -0.141. The van der Waals surface area contributed by atoms with E-state index in [0.717, 1.165) is 32.5 Å². The molecule has 1 aliphatic heterocycles. The van der Waals surface area contributed by atoms with E-state index < -0.39 is 0 Å². The van der Waals surface area contributed by atoms with Gasteiger partial charge < -0.3 is 10.2 Å². The maximum absolute atomic E-state index is 12.6. The fourth-order valence-electron chi connectivity index (χ4n) is 3.29. The predicted octanol–water partition coefficient (Wildman–Crippen LogP) is 2.17. The van der Waals surface area contributed by atoms with Crippen LogP contribution in [0.25, 0.3) is 0 Å². The van der Waals surface area contributed by atoms with Crippen LogP contribution in [0.2, 0.25) is 0 Å². The van der Waals surface area contributed by atoms with E-state index in [1.54, 1.807) is 0 Å². The van der Waals surface area contributed by atoms with E-state index in [9.17, 15) is 4.79 Å². The van der Waals surface area contributed by atoms with Crippen LogP contribution in [0.5, 0.6) is 0 Å². The normalized spacial score (nSPS) is 27.3. The van der Waals surface area contributed by atoms with E-state index in [4.69, 9.17) is 0 Å². The van der Waals surface area contributed by atoms with Crippen molar-refractivity contribution in [3.63, 3.8) is 0 Å². The third-order valence-electron chi connectivity index (χ3n) is 4.50. The minimum atomic E-state index is -0.0609. The number of nitrogens with zero attached hydrogens (tertiary/aromatic N) is 1. The van der Waals surface area contributed by atoms with Gasteiger partial charge in [0.1, 0.15) is 0 Å². The Labute approximate surface area is 105 Å². The highest BCUT2D eigenvalue weighted by atomic mass is 16.2. The van der Waals surface area contributed by atoms with Crippen LogP contribution in [0.4, 0.5) is 0 Å². The van der Waals surface area contributed by atoms with Gasteiger partial charge in [0, 0.05) is 24.5 Å². The van der Waals surface area contributed by atoms with Gasteiger partial charge in [-0.05, 0) is 39.2 Å². The Hall–Kier alpha value is -0.570. The summed E-state index contributed by atoms with van der Waals surface area (Å²) in [6, 6.07) is 0.531. The van der Waals surface area contributed by atoms with Gasteiger partial charge >= 0.3 is 0 Å². The first-order chi connectivity index (χ1) is 8.15. The van der Waals surface area contributed by atoms with Crippen LogP contribution < -0.4 is 5.32 Å². The molecule has 0 aromatic carbocycles. The first-order valence-electron chi connectivity index (χ1n) is 7.18. The van der Waals surface area contributed by atoms with Crippen molar-refractivity contribution in [2.24, 2.45) is 5.41 Å². The number of amides is 1. The third-order valence-corrected chi connectivity index (χ3v) is 4.50. The summed E-state index contributed by atoms with van der Waals surface area (Å²) in [4.78, 5) is 14.7. The molecule has 0 radical (unpaired) electrons. The lowest BCUT2D eigenvalue weighted by atomic mass is 9.87. The molecule has 1 atom stereocenters. The summed E-state index contributed by atoms with van der Waals surface area (Å²) in [5.41, 5.74) is -0.0609. The van der Waals surface area contributed by atoms with Crippen LogP contribution in [0.1, 0.15) is 52.4 Å². The zero-order valence-corrected chi connectivity index (χ0v) is 11.3. The molecular formula is C14H26N2O. The average Bonchev–Trinajstić information content (AvgIpc) is 2.97. The molecule has 98 valence electrons. The number of likely N-dealkylation sites (N-methyl/N-ethyl adjacent to an activating group) is 1. The zero-order chi connectivity index (χ0) is 12.3. The highest BCUT2D eigenvalue weighted by Crippen LogP contribution is 2.39. The predicted molar refractivity (Wildman–Crippen MR) is 69.9 cm³/mol. The summed E-state index contributed by atoms with van der Waals surface area (Å²) in [6.45, 7) is 7.14. The Bertz CT molecular complexity index is 265. The van der Waals surface area contributed by atoms with Crippen molar-refractivity contribution in [2.75, 3.05) is 19.6 Å². The molecule has 1 saturated carbocycles. The summed E-state index contributed by atoms with van der Waals surface area (Å²) in [5.74, 6) is 0.395. The zero-order valence-electron chi connectivity index (χ0n) is 11.3. The highest BCUT2D eigenvalue weighted by molar-refractivity contribution is 5.82. The number of hydrogen-bond donors (Lipinski definition) is 1. The third kappa shape index (κ3) is 2.82. The van der Waals surface area contributed by atoms with Crippen LogP contribution in [0.15, 0.2) is 0 Å². The standard InChI is InChI=1S/C14H26N2O/c1-3-16(11-12-7-6-10-15-12)13(17)14(2)8-4-5-9-14/h12,15H,3-11H2,1-2H3. The van der Waals surface area contributed by atoms with E-state index in [0.29, 0.717) is 11.9 Å². The Balaban J connectivity index is 1.94. The van der Waals surface area contributed by atoms with Gasteiger partial charge in [-0.25, -0.2) is 0 Å². The Morgan fingerprint density at radius 2 is 2.06 bits per heavy atom. The Morgan fingerprint density at radius 3 is 2.59 bits per heavy atom. The largest absolute Gasteiger partial charge is 0.341 e. The molecule has 0 aromatic rings. The summed E-state index contributed by atoms with van der Waals surface area (Å²) < 4.78 is 0. The molecule has 1 amide bonds. The molecule has 1 saturated heterocycles.